The topological polar surface area (TPSA) is 38.7 Å². The van der Waals surface area contributed by atoms with Crippen molar-refractivity contribution in [3.8, 4) is 33.8 Å². The molecule has 0 radical (unpaired) electrons. The van der Waals surface area contributed by atoms with E-state index in [1.165, 1.54) is 34.2 Å². The maximum absolute atomic E-state index is 4.37. The van der Waals surface area contributed by atoms with Crippen LogP contribution in [0.2, 0.25) is 0 Å². The van der Waals surface area contributed by atoms with E-state index >= 15 is 0 Å². The predicted octanol–water partition coefficient (Wildman–Crippen LogP) is 11.6. The Hall–Kier alpha value is -5.02. The molecule has 7 aromatic rings. The minimum absolute atomic E-state index is 0. The van der Waals surface area contributed by atoms with Crippen LogP contribution >= 0.6 is 0 Å². The SMILES string of the molecule is CCC(C)c1ccc(CCc2c[c-]c(-c3ccccn3)cc2)cc1.Cc1c[c-]c(-c2ccccn2)cc1.Cc1c[c-]c(-c2ccccn2)cc1.[Ir+3]. The molecular weight excluding hydrogens is 799 g/mol. The van der Waals surface area contributed by atoms with Gasteiger partial charge in [0, 0.05) is 18.6 Å². The van der Waals surface area contributed by atoms with Gasteiger partial charge in [0.1, 0.15) is 0 Å². The first-order chi connectivity index (χ1) is 24.5. The summed E-state index contributed by atoms with van der Waals surface area (Å²) in [6.07, 6.45) is 8.71. The van der Waals surface area contributed by atoms with Crippen LogP contribution in [0.4, 0.5) is 0 Å². The van der Waals surface area contributed by atoms with Crippen LogP contribution in [-0.2, 0) is 32.9 Å². The van der Waals surface area contributed by atoms with E-state index in [4.69, 9.17) is 0 Å². The minimum Gasteiger partial charge on any atom is -0.305 e. The molecule has 256 valence electrons. The fourth-order valence-corrected chi connectivity index (χ4v) is 5.20. The molecule has 1 atom stereocenters. The third kappa shape index (κ3) is 12.4. The quantitative estimate of drug-likeness (QED) is 0.143. The van der Waals surface area contributed by atoms with Crippen molar-refractivity contribution >= 4 is 0 Å². The van der Waals surface area contributed by atoms with Crippen molar-refractivity contribution in [1.29, 1.82) is 0 Å². The van der Waals surface area contributed by atoms with Gasteiger partial charge < -0.3 is 15.0 Å². The van der Waals surface area contributed by atoms with Crippen LogP contribution in [0.1, 0.15) is 54.0 Å². The molecule has 1 unspecified atom stereocenters. The van der Waals surface area contributed by atoms with Gasteiger partial charge in [-0.25, -0.2) is 0 Å². The second-order valence-electron chi connectivity index (χ2n) is 12.4. The summed E-state index contributed by atoms with van der Waals surface area (Å²) in [4.78, 5) is 12.9. The van der Waals surface area contributed by atoms with Crippen LogP contribution in [0.5, 0.6) is 0 Å². The Balaban J connectivity index is 0.000000184. The number of pyridine rings is 3. The standard InChI is InChI=1S/C23H24N.2C12H10N.Ir/c1-3-18(2)21-13-9-19(10-14-21)7-8-20-11-15-22(16-12-20)23-6-4-5-17-24-23;2*1-10-5-7-11(8-6-10)12-4-2-3-9-13-12;/h4-6,9-15,17-18H,3,7-8H2,1-2H3;2*2-7,9H,1H3;/q3*-1;+3. The van der Waals surface area contributed by atoms with Crippen molar-refractivity contribution in [3.63, 3.8) is 0 Å². The van der Waals surface area contributed by atoms with E-state index in [9.17, 15) is 0 Å². The molecular formula is C47H44IrN3. The molecule has 3 heterocycles. The fourth-order valence-electron chi connectivity index (χ4n) is 5.20. The zero-order chi connectivity index (χ0) is 35.0. The Morgan fingerprint density at radius 3 is 1.25 bits per heavy atom. The number of aryl methyl sites for hydroxylation is 4. The number of hydrogen-bond donors (Lipinski definition) is 0. The number of nitrogens with zero attached hydrogens (tertiary/aromatic N) is 3. The number of hydrogen-bond acceptors (Lipinski definition) is 3. The zero-order valence-corrected chi connectivity index (χ0v) is 32.2. The van der Waals surface area contributed by atoms with Gasteiger partial charge in [0.2, 0.25) is 0 Å². The summed E-state index contributed by atoms with van der Waals surface area (Å²) in [6, 6.07) is 55.1. The van der Waals surface area contributed by atoms with Gasteiger partial charge in [-0.3, -0.25) is 0 Å². The molecule has 51 heavy (non-hydrogen) atoms. The van der Waals surface area contributed by atoms with Crippen molar-refractivity contribution in [2.75, 3.05) is 0 Å². The van der Waals surface area contributed by atoms with Gasteiger partial charge in [0.15, 0.2) is 0 Å². The second kappa shape index (κ2) is 20.6. The average molecular weight is 843 g/mol. The zero-order valence-electron chi connectivity index (χ0n) is 29.8. The summed E-state index contributed by atoms with van der Waals surface area (Å²) in [6.45, 7) is 8.63. The molecule has 3 aromatic heterocycles. The predicted molar refractivity (Wildman–Crippen MR) is 208 cm³/mol. The fraction of sp³-hybridized carbons (Fsp3) is 0.170. The van der Waals surface area contributed by atoms with Crippen LogP contribution in [-0.4, -0.2) is 15.0 Å². The van der Waals surface area contributed by atoms with Crippen LogP contribution in [0, 0.1) is 32.0 Å². The molecule has 0 spiro atoms. The summed E-state index contributed by atoms with van der Waals surface area (Å²) in [5, 5.41) is 0. The van der Waals surface area contributed by atoms with Crippen molar-refractivity contribution in [2.45, 2.75) is 52.9 Å². The first kappa shape index (κ1) is 38.8. The summed E-state index contributed by atoms with van der Waals surface area (Å²) >= 11 is 0. The monoisotopic (exact) mass is 843 g/mol. The smallest absolute Gasteiger partial charge is 0.305 e. The summed E-state index contributed by atoms with van der Waals surface area (Å²) in [5.74, 6) is 0.646. The Bertz CT molecular complexity index is 1880. The molecule has 0 N–H and O–H groups in total. The average Bonchev–Trinajstić information content (AvgIpc) is 3.19. The number of aromatic nitrogens is 3. The number of benzene rings is 4. The molecule has 4 aromatic carbocycles. The Labute approximate surface area is 318 Å². The van der Waals surface area contributed by atoms with Gasteiger partial charge in [0.05, 0.1) is 0 Å². The van der Waals surface area contributed by atoms with E-state index in [1.54, 1.807) is 12.4 Å². The molecule has 0 aliphatic carbocycles. The molecule has 0 bridgehead atoms. The Morgan fingerprint density at radius 2 is 0.902 bits per heavy atom. The first-order valence-corrected chi connectivity index (χ1v) is 17.3. The molecule has 0 aliphatic rings. The van der Waals surface area contributed by atoms with Gasteiger partial charge in [-0.2, -0.15) is 0 Å². The number of rotatable bonds is 8. The van der Waals surface area contributed by atoms with Crippen molar-refractivity contribution in [3.05, 3.63) is 198 Å². The van der Waals surface area contributed by atoms with Gasteiger partial charge >= 0.3 is 20.1 Å². The van der Waals surface area contributed by atoms with Crippen molar-refractivity contribution in [2.24, 2.45) is 0 Å². The van der Waals surface area contributed by atoms with E-state index in [2.05, 4.69) is 115 Å². The Morgan fingerprint density at radius 1 is 0.490 bits per heavy atom. The minimum atomic E-state index is 0. The summed E-state index contributed by atoms with van der Waals surface area (Å²) in [5.41, 5.74) is 12.7. The van der Waals surface area contributed by atoms with Crippen molar-refractivity contribution in [1.82, 2.24) is 15.0 Å². The van der Waals surface area contributed by atoms with Gasteiger partial charge in [-0.05, 0) is 65.2 Å². The first-order valence-electron chi connectivity index (χ1n) is 17.3. The molecule has 0 saturated carbocycles. The molecule has 0 amide bonds. The third-order valence-corrected chi connectivity index (χ3v) is 8.50. The van der Waals surface area contributed by atoms with Crippen LogP contribution < -0.4 is 0 Å². The third-order valence-electron chi connectivity index (χ3n) is 8.50. The van der Waals surface area contributed by atoms with E-state index in [1.807, 2.05) is 85.1 Å². The van der Waals surface area contributed by atoms with Gasteiger partial charge in [-0.15, -0.1) is 106 Å². The van der Waals surface area contributed by atoms with Crippen LogP contribution in [0.25, 0.3) is 33.8 Å². The maximum Gasteiger partial charge on any atom is 3.00 e. The Kier molecular flexibility index (Phi) is 15.7. The van der Waals surface area contributed by atoms with E-state index < -0.39 is 0 Å². The van der Waals surface area contributed by atoms with Crippen molar-refractivity contribution < 1.29 is 20.1 Å². The molecule has 4 heteroatoms. The maximum atomic E-state index is 4.37. The van der Waals surface area contributed by atoms with Gasteiger partial charge in [0.25, 0.3) is 0 Å². The molecule has 7 rings (SSSR count). The second-order valence-corrected chi connectivity index (χ2v) is 12.4. The largest absolute Gasteiger partial charge is 3.00 e. The molecule has 3 nitrogen and oxygen atoms in total. The van der Waals surface area contributed by atoms with E-state index in [0.29, 0.717) is 5.92 Å². The van der Waals surface area contributed by atoms with Crippen LogP contribution in [0.15, 0.2) is 152 Å². The van der Waals surface area contributed by atoms with Crippen LogP contribution in [0.3, 0.4) is 0 Å². The van der Waals surface area contributed by atoms with E-state index in [-0.39, 0.29) is 20.1 Å². The summed E-state index contributed by atoms with van der Waals surface area (Å²) in [7, 11) is 0. The molecule has 0 fully saturated rings. The molecule has 0 saturated heterocycles. The van der Waals surface area contributed by atoms with E-state index in [0.717, 1.165) is 46.6 Å². The normalized spacial score (nSPS) is 10.7. The van der Waals surface area contributed by atoms with Gasteiger partial charge in [-0.1, -0.05) is 94.8 Å². The molecule has 0 aliphatic heterocycles. The summed E-state index contributed by atoms with van der Waals surface area (Å²) < 4.78 is 0.